The third kappa shape index (κ3) is 4.44. The summed E-state index contributed by atoms with van der Waals surface area (Å²) in [5.74, 6) is 1.45. The Bertz CT molecular complexity index is 438. The Hall–Kier alpha value is -0.640. The maximum Gasteiger partial charge on any atom is 0.0727 e. The minimum Gasteiger partial charge on any atom is -0.376 e. The number of allylic oxidation sites excluding steroid dienone is 2. The van der Waals surface area contributed by atoms with Gasteiger partial charge in [0, 0.05) is 16.3 Å². The van der Waals surface area contributed by atoms with Crippen LogP contribution in [0.25, 0.3) is 0 Å². The highest BCUT2D eigenvalue weighted by Gasteiger charge is 2.18. The SMILES string of the molecule is CCNCc1cc(COCC2CC=CCC2C)c(C)s1. The zero-order valence-electron chi connectivity index (χ0n) is 12.9. The van der Waals surface area contributed by atoms with Crippen molar-refractivity contribution in [3.63, 3.8) is 0 Å². The van der Waals surface area contributed by atoms with Crippen LogP contribution in [-0.4, -0.2) is 13.2 Å². The molecule has 0 saturated carbocycles. The Morgan fingerprint density at radius 1 is 1.35 bits per heavy atom. The van der Waals surface area contributed by atoms with E-state index in [2.05, 4.69) is 44.3 Å². The van der Waals surface area contributed by atoms with E-state index in [1.54, 1.807) is 0 Å². The van der Waals surface area contributed by atoms with Crippen LogP contribution in [0.15, 0.2) is 18.2 Å². The molecule has 1 aromatic heterocycles. The molecule has 0 aliphatic heterocycles. The summed E-state index contributed by atoms with van der Waals surface area (Å²) in [6.45, 7) is 10.3. The van der Waals surface area contributed by atoms with Gasteiger partial charge in [0.2, 0.25) is 0 Å². The average molecular weight is 293 g/mol. The number of thiophene rings is 1. The molecule has 0 spiro atoms. The third-order valence-electron chi connectivity index (χ3n) is 4.13. The van der Waals surface area contributed by atoms with E-state index in [4.69, 9.17) is 4.74 Å². The smallest absolute Gasteiger partial charge is 0.0727 e. The van der Waals surface area contributed by atoms with Crippen molar-refractivity contribution in [1.29, 1.82) is 0 Å². The maximum absolute atomic E-state index is 5.98. The van der Waals surface area contributed by atoms with Crippen LogP contribution in [0.1, 0.15) is 42.0 Å². The quantitative estimate of drug-likeness (QED) is 0.757. The van der Waals surface area contributed by atoms with Gasteiger partial charge in [0.15, 0.2) is 0 Å². The number of ether oxygens (including phenoxy) is 1. The van der Waals surface area contributed by atoms with E-state index >= 15 is 0 Å². The molecule has 2 unspecified atom stereocenters. The molecular weight excluding hydrogens is 266 g/mol. The monoisotopic (exact) mass is 293 g/mol. The van der Waals surface area contributed by atoms with Crippen LogP contribution in [0.4, 0.5) is 0 Å². The molecule has 112 valence electrons. The van der Waals surface area contributed by atoms with Crippen LogP contribution >= 0.6 is 11.3 Å². The van der Waals surface area contributed by atoms with Gasteiger partial charge in [-0.15, -0.1) is 11.3 Å². The lowest BCUT2D eigenvalue weighted by Gasteiger charge is -2.24. The first-order chi connectivity index (χ1) is 9.70. The highest BCUT2D eigenvalue weighted by Crippen LogP contribution is 2.26. The fourth-order valence-corrected chi connectivity index (χ4v) is 3.64. The lowest BCUT2D eigenvalue weighted by Crippen LogP contribution is -2.19. The molecule has 1 aromatic rings. The van der Waals surface area contributed by atoms with Crippen LogP contribution in [0.2, 0.25) is 0 Å². The van der Waals surface area contributed by atoms with Crippen molar-refractivity contribution in [3.05, 3.63) is 33.5 Å². The van der Waals surface area contributed by atoms with E-state index in [1.165, 1.54) is 28.2 Å². The van der Waals surface area contributed by atoms with Crippen molar-refractivity contribution in [2.75, 3.05) is 13.2 Å². The third-order valence-corrected chi connectivity index (χ3v) is 5.22. The number of hydrogen-bond acceptors (Lipinski definition) is 3. The van der Waals surface area contributed by atoms with E-state index < -0.39 is 0 Å². The molecule has 1 N–H and O–H groups in total. The molecule has 0 amide bonds. The molecular formula is C17H27NOS. The Labute approximate surface area is 127 Å². The van der Waals surface area contributed by atoms with Crippen molar-refractivity contribution >= 4 is 11.3 Å². The molecule has 0 bridgehead atoms. The van der Waals surface area contributed by atoms with E-state index in [0.29, 0.717) is 5.92 Å². The summed E-state index contributed by atoms with van der Waals surface area (Å²) in [4.78, 5) is 2.81. The maximum atomic E-state index is 5.98. The molecule has 20 heavy (non-hydrogen) atoms. The summed E-state index contributed by atoms with van der Waals surface area (Å²) in [6, 6.07) is 2.30. The summed E-state index contributed by atoms with van der Waals surface area (Å²) >= 11 is 1.89. The van der Waals surface area contributed by atoms with Crippen LogP contribution in [0.5, 0.6) is 0 Å². The van der Waals surface area contributed by atoms with E-state index in [0.717, 1.165) is 32.2 Å². The summed E-state index contributed by atoms with van der Waals surface area (Å²) in [5.41, 5.74) is 1.36. The second-order valence-corrected chi connectivity index (χ2v) is 7.11. The lowest BCUT2D eigenvalue weighted by molar-refractivity contribution is 0.0680. The Kier molecular flexibility index (Phi) is 6.27. The molecule has 2 rings (SSSR count). The number of rotatable bonds is 7. The summed E-state index contributed by atoms with van der Waals surface area (Å²) in [6.07, 6.45) is 6.99. The van der Waals surface area contributed by atoms with Crippen molar-refractivity contribution in [3.8, 4) is 0 Å². The first-order valence-corrected chi connectivity index (χ1v) is 8.54. The molecule has 0 aromatic carbocycles. The van der Waals surface area contributed by atoms with Crippen molar-refractivity contribution in [2.24, 2.45) is 11.8 Å². The largest absolute Gasteiger partial charge is 0.376 e. The van der Waals surface area contributed by atoms with Crippen LogP contribution in [0, 0.1) is 18.8 Å². The zero-order chi connectivity index (χ0) is 14.4. The van der Waals surface area contributed by atoms with Gasteiger partial charge >= 0.3 is 0 Å². The Morgan fingerprint density at radius 3 is 2.90 bits per heavy atom. The van der Waals surface area contributed by atoms with Gasteiger partial charge in [0.05, 0.1) is 13.2 Å². The fraction of sp³-hybridized carbons (Fsp3) is 0.647. The van der Waals surface area contributed by atoms with Crippen LogP contribution in [0.3, 0.4) is 0 Å². The Morgan fingerprint density at radius 2 is 2.15 bits per heavy atom. The molecule has 1 aliphatic carbocycles. The van der Waals surface area contributed by atoms with Gasteiger partial charge in [-0.1, -0.05) is 26.0 Å². The second kappa shape index (κ2) is 7.96. The van der Waals surface area contributed by atoms with E-state index in [9.17, 15) is 0 Å². The van der Waals surface area contributed by atoms with Crippen molar-refractivity contribution < 1.29 is 4.74 Å². The summed E-state index contributed by atoms with van der Waals surface area (Å²) < 4.78 is 5.98. The molecule has 0 saturated heterocycles. The summed E-state index contributed by atoms with van der Waals surface area (Å²) in [7, 11) is 0. The highest BCUT2D eigenvalue weighted by atomic mass is 32.1. The topological polar surface area (TPSA) is 21.3 Å². The lowest BCUT2D eigenvalue weighted by atomic mass is 9.85. The van der Waals surface area contributed by atoms with Gasteiger partial charge in [-0.25, -0.2) is 0 Å². The second-order valence-electron chi connectivity index (χ2n) is 5.77. The highest BCUT2D eigenvalue weighted by molar-refractivity contribution is 7.12. The Balaban J connectivity index is 1.78. The van der Waals surface area contributed by atoms with Gasteiger partial charge in [-0.3, -0.25) is 0 Å². The molecule has 0 fully saturated rings. The first kappa shape index (κ1) is 15.7. The minimum absolute atomic E-state index is 0.695. The zero-order valence-corrected chi connectivity index (χ0v) is 13.8. The number of aryl methyl sites for hydroxylation is 1. The van der Waals surface area contributed by atoms with Gasteiger partial charge in [0.1, 0.15) is 0 Å². The van der Waals surface area contributed by atoms with Gasteiger partial charge in [0.25, 0.3) is 0 Å². The van der Waals surface area contributed by atoms with Crippen molar-refractivity contribution in [1.82, 2.24) is 5.32 Å². The number of nitrogens with one attached hydrogen (secondary N) is 1. The predicted molar refractivity (Wildman–Crippen MR) is 87.1 cm³/mol. The van der Waals surface area contributed by atoms with Gasteiger partial charge in [-0.2, -0.15) is 0 Å². The number of hydrogen-bond donors (Lipinski definition) is 1. The molecule has 3 heteroatoms. The van der Waals surface area contributed by atoms with Gasteiger partial charge in [-0.05, 0) is 49.8 Å². The standard InChI is InChI=1S/C17H27NOS/c1-4-18-10-17-9-16(14(3)20-17)12-19-11-15-8-6-5-7-13(15)2/h5-6,9,13,15,18H,4,7-8,10-12H2,1-3H3. The molecule has 2 nitrogen and oxygen atoms in total. The first-order valence-electron chi connectivity index (χ1n) is 7.72. The average Bonchev–Trinajstić information content (AvgIpc) is 2.79. The van der Waals surface area contributed by atoms with Crippen molar-refractivity contribution in [2.45, 2.75) is 46.8 Å². The van der Waals surface area contributed by atoms with E-state index in [1.807, 2.05) is 11.3 Å². The molecule has 1 heterocycles. The molecule has 1 aliphatic rings. The fourth-order valence-electron chi connectivity index (χ4n) is 2.63. The summed E-state index contributed by atoms with van der Waals surface area (Å²) in [5, 5.41) is 3.38. The molecule has 0 radical (unpaired) electrons. The van der Waals surface area contributed by atoms with E-state index in [-0.39, 0.29) is 0 Å². The predicted octanol–water partition coefficient (Wildman–Crippen LogP) is 4.28. The minimum atomic E-state index is 0.695. The molecule has 2 atom stereocenters. The van der Waals surface area contributed by atoms with Gasteiger partial charge < -0.3 is 10.1 Å². The van der Waals surface area contributed by atoms with Crippen LogP contribution < -0.4 is 5.32 Å². The van der Waals surface area contributed by atoms with Crippen LogP contribution in [-0.2, 0) is 17.9 Å². The normalized spacial score (nSPS) is 22.4.